The van der Waals surface area contributed by atoms with Crippen LogP contribution in [0.15, 0.2) is 17.1 Å². The smallest absolute Gasteiger partial charge is 0.307 e. The summed E-state index contributed by atoms with van der Waals surface area (Å²) in [5.41, 5.74) is -0.155. The van der Waals surface area contributed by atoms with Gasteiger partial charge in [-0.1, -0.05) is 19.7 Å². The zero-order chi connectivity index (χ0) is 21.8. The molecule has 0 saturated heterocycles. The van der Waals surface area contributed by atoms with E-state index >= 15 is 0 Å². The molecule has 2 heterocycles. The SMILES string of the molecule is [C-]#[N+]C(=N)C(=Nc1cc2nc([N+]#[C-])c(C#N)nc2c2cc(C#N)c(C#N)nc12)[N+]#[C-]. The van der Waals surface area contributed by atoms with Crippen molar-refractivity contribution >= 4 is 45.1 Å². The first-order chi connectivity index (χ1) is 14.5. The summed E-state index contributed by atoms with van der Waals surface area (Å²) in [7, 11) is 0. The summed E-state index contributed by atoms with van der Waals surface area (Å²) < 4.78 is 0. The van der Waals surface area contributed by atoms with Gasteiger partial charge in [-0.25, -0.2) is 9.97 Å². The fraction of sp³-hybridized carbons (Fsp3) is 0. The lowest BCUT2D eigenvalue weighted by Crippen LogP contribution is -2.03. The van der Waals surface area contributed by atoms with E-state index in [1.807, 2.05) is 6.07 Å². The van der Waals surface area contributed by atoms with Gasteiger partial charge in [0, 0.05) is 11.5 Å². The van der Waals surface area contributed by atoms with E-state index in [-0.39, 0.29) is 50.4 Å². The number of hydrogen-bond donors (Lipinski definition) is 1. The molecule has 0 spiro atoms. The highest BCUT2D eigenvalue weighted by Crippen LogP contribution is 2.34. The highest BCUT2D eigenvalue weighted by molar-refractivity contribution is 6.47. The molecule has 0 amide bonds. The van der Waals surface area contributed by atoms with Gasteiger partial charge < -0.3 is 14.5 Å². The maximum atomic E-state index is 9.32. The quantitative estimate of drug-likeness (QED) is 0.293. The lowest BCUT2D eigenvalue weighted by molar-refractivity contribution is 1.25. The molecule has 3 rings (SSSR count). The first kappa shape index (κ1) is 19.0. The molecule has 11 heteroatoms. The van der Waals surface area contributed by atoms with E-state index in [9.17, 15) is 15.8 Å². The Morgan fingerprint density at radius 3 is 2.20 bits per heavy atom. The van der Waals surface area contributed by atoms with E-state index in [1.54, 1.807) is 12.1 Å². The number of nitrogens with one attached hydrogen (secondary N) is 1. The van der Waals surface area contributed by atoms with Crippen molar-refractivity contribution < 1.29 is 0 Å². The molecular formula is C19H3N11. The van der Waals surface area contributed by atoms with Crippen molar-refractivity contribution in [3.05, 3.63) is 63.3 Å². The van der Waals surface area contributed by atoms with Crippen molar-refractivity contribution in [3.63, 3.8) is 0 Å². The van der Waals surface area contributed by atoms with E-state index in [4.69, 9.17) is 25.1 Å². The van der Waals surface area contributed by atoms with Gasteiger partial charge in [0.2, 0.25) is 0 Å². The molecule has 0 unspecified atom stereocenters. The largest absolute Gasteiger partial charge is 0.370 e. The molecule has 2 aromatic heterocycles. The molecule has 0 atom stereocenters. The Labute approximate surface area is 168 Å². The normalized spacial score (nSPS) is 10.1. The van der Waals surface area contributed by atoms with Crippen molar-refractivity contribution in [2.24, 2.45) is 4.99 Å². The minimum Gasteiger partial charge on any atom is -0.370 e. The third-order valence-electron chi connectivity index (χ3n) is 3.79. The molecule has 1 N–H and O–H groups in total. The highest BCUT2D eigenvalue weighted by atomic mass is 15.0. The Bertz CT molecular complexity index is 1570. The van der Waals surface area contributed by atoms with E-state index in [0.29, 0.717) is 0 Å². The Kier molecular flexibility index (Phi) is 4.74. The molecule has 0 aliphatic heterocycles. The Balaban J connectivity index is 2.59. The average Bonchev–Trinajstić information content (AvgIpc) is 2.79. The van der Waals surface area contributed by atoms with Crippen molar-refractivity contribution in [1.82, 2.24) is 15.0 Å². The van der Waals surface area contributed by atoms with Crippen LogP contribution < -0.4 is 0 Å². The summed E-state index contributed by atoms with van der Waals surface area (Å²) in [5, 5.41) is 35.6. The number of amidine groups is 2. The Morgan fingerprint density at radius 1 is 0.933 bits per heavy atom. The van der Waals surface area contributed by atoms with Gasteiger partial charge >= 0.3 is 5.82 Å². The molecule has 0 aliphatic carbocycles. The molecule has 0 bridgehead atoms. The molecular weight excluding hydrogens is 382 g/mol. The van der Waals surface area contributed by atoms with Gasteiger partial charge in [-0.05, 0) is 6.07 Å². The number of nitrogens with zero attached hydrogens (tertiary/aromatic N) is 10. The van der Waals surface area contributed by atoms with Crippen LogP contribution in [-0.4, -0.2) is 26.6 Å². The maximum absolute atomic E-state index is 9.32. The lowest BCUT2D eigenvalue weighted by Gasteiger charge is -2.05. The molecule has 30 heavy (non-hydrogen) atoms. The molecule has 0 aliphatic rings. The van der Waals surface area contributed by atoms with Crippen LogP contribution in [0.1, 0.15) is 17.0 Å². The topological polar surface area (TPSA) is 159 Å². The number of hydrogen-bond acceptors (Lipinski definition) is 8. The lowest BCUT2D eigenvalue weighted by atomic mass is 10.1. The molecule has 3 aromatic rings. The van der Waals surface area contributed by atoms with Crippen LogP contribution >= 0.6 is 0 Å². The predicted molar refractivity (Wildman–Crippen MR) is 103 cm³/mol. The standard InChI is InChI=1S/C19H3N11/c1-24-17(23)19(26-3)30-12-5-11-16(28-14(8-22)18(25-2)29-11)10-4-9(6-20)13(7-21)27-15(10)12/h4-5,23H. The number of benzene rings is 1. The van der Waals surface area contributed by atoms with Gasteiger partial charge in [0.15, 0.2) is 22.6 Å². The zero-order valence-corrected chi connectivity index (χ0v) is 14.6. The zero-order valence-electron chi connectivity index (χ0n) is 14.6. The summed E-state index contributed by atoms with van der Waals surface area (Å²) >= 11 is 0. The summed E-state index contributed by atoms with van der Waals surface area (Å²) in [6.45, 7) is 21.2. The summed E-state index contributed by atoms with van der Waals surface area (Å²) in [6.07, 6.45) is 0. The first-order valence-electron chi connectivity index (χ1n) is 7.71. The average molecular weight is 385 g/mol. The van der Waals surface area contributed by atoms with Crippen LogP contribution in [0.2, 0.25) is 0 Å². The number of aromatic nitrogens is 3. The first-order valence-corrected chi connectivity index (χ1v) is 7.71. The van der Waals surface area contributed by atoms with Crippen LogP contribution in [0.5, 0.6) is 0 Å². The highest BCUT2D eigenvalue weighted by Gasteiger charge is 2.21. The van der Waals surface area contributed by atoms with Crippen LogP contribution in [0, 0.1) is 59.1 Å². The van der Waals surface area contributed by atoms with Crippen molar-refractivity contribution in [3.8, 4) is 18.2 Å². The second-order valence-electron chi connectivity index (χ2n) is 5.39. The van der Waals surface area contributed by atoms with Gasteiger partial charge in [-0.3, -0.25) is 0 Å². The Hall–Kier alpha value is -5.75. The van der Waals surface area contributed by atoms with E-state index in [0.717, 1.165) is 0 Å². The van der Waals surface area contributed by atoms with Crippen molar-refractivity contribution in [2.75, 3.05) is 0 Å². The fourth-order valence-corrected chi connectivity index (χ4v) is 2.53. The monoisotopic (exact) mass is 385 g/mol. The van der Waals surface area contributed by atoms with Gasteiger partial charge in [0.1, 0.15) is 29.2 Å². The Morgan fingerprint density at radius 2 is 1.63 bits per heavy atom. The van der Waals surface area contributed by atoms with Gasteiger partial charge in [-0.15, -0.1) is 9.98 Å². The molecule has 1 aromatic carbocycles. The molecule has 134 valence electrons. The number of nitriles is 3. The molecule has 0 radical (unpaired) electrons. The predicted octanol–water partition coefficient (Wildman–Crippen LogP) is 3.19. The number of rotatable bonds is 1. The number of pyridine rings is 1. The van der Waals surface area contributed by atoms with Crippen LogP contribution in [-0.2, 0) is 0 Å². The van der Waals surface area contributed by atoms with Crippen LogP contribution in [0.3, 0.4) is 0 Å². The fourth-order valence-electron chi connectivity index (χ4n) is 2.53. The minimum absolute atomic E-state index is 0.00664. The van der Waals surface area contributed by atoms with Crippen molar-refractivity contribution in [2.45, 2.75) is 0 Å². The second-order valence-corrected chi connectivity index (χ2v) is 5.39. The minimum atomic E-state index is -0.694. The number of fused-ring (bicyclic) bond motifs is 3. The molecule has 0 saturated carbocycles. The van der Waals surface area contributed by atoms with Crippen LogP contribution in [0.4, 0.5) is 11.5 Å². The molecule has 0 fully saturated rings. The summed E-state index contributed by atoms with van der Waals surface area (Å²) in [5.74, 6) is -1.46. The van der Waals surface area contributed by atoms with Crippen molar-refractivity contribution in [1.29, 1.82) is 21.2 Å². The third-order valence-corrected chi connectivity index (χ3v) is 3.79. The van der Waals surface area contributed by atoms with Gasteiger partial charge in [0.25, 0.3) is 11.7 Å². The van der Waals surface area contributed by atoms with Gasteiger partial charge in [-0.2, -0.15) is 21.2 Å². The number of aliphatic imine (C=N–C) groups is 1. The van der Waals surface area contributed by atoms with Crippen LogP contribution in [0.25, 0.3) is 36.5 Å². The summed E-state index contributed by atoms with van der Waals surface area (Å²) in [4.78, 5) is 25.5. The van der Waals surface area contributed by atoms with E-state index < -0.39 is 11.7 Å². The third kappa shape index (κ3) is 2.96. The second kappa shape index (κ2) is 7.47. The maximum Gasteiger partial charge on any atom is 0.307 e. The van der Waals surface area contributed by atoms with E-state index in [2.05, 4.69) is 34.5 Å². The van der Waals surface area contributed by atoms with E-state index in [1.165, 1.54) is 12.1 Å². The summed E-state index contributed by atoms with van der Waals surface area (Å²) in [6, 6.07) is 8.07. The molecule has 11 nitrogen and oxygen atoms in total. The van der Waals surface area contributed by atoms with Gasteiger partial charge in [0.05, 0.1) is 5.56 Å².